The number of carbonyl (C=O) groups is 1. The molecule has 1 heterocycles. The third-order valence-electron chi connectivity index (χ3n) is 3.66. The fourth-order valence-electron chi connectivity index (χ4n) is 2.35. The summed E-state index contributed by atoms with van der Waals surface area (Å²) in [6.45, 7) is 2.02. The van der Waals surface area contributed by atoms with Crippen LogP contribution >= 0.6 is 34.5 Å². The zero-order valence-corrected chi connectivity index (χ0v) is 15.9. The Balaban J connectivity index is 1.61. The molecule has 0 fully saturated rings. The molecule has 0 spiro atoms. The molecule has 1 amide bonds. The number of thiazole rings is 1. The number of aromatic nitrogens is 1. The first-order chi connectivity index (χ1) is 12.0. The predicted octanol–water partition coefficient (Wildman–Crippen LogP) is 5.53. The number of halogens is 2. The molecule has 3 rings (SSSR count). The van der Waals surface area contributed by atoms with E-state index >= 15 is 0 Å². The van der Waals surface area contributed by atoms with Crippen LogP contribution in [0.1, 0.15) is 21.6 Å². The lowest BCUT2D eigenvalue weighted by Gasteiger charge is -2.03. The summed E-state index contributed by atoms with van der Waals surface area (Å²) in [7, 11) is 0. The summed E-state index contributed by atoms with van der Waals surface area (Å²) in [4.78, 5) is 17.4. The second-order valence-electron chi connectivity index (χ2n) is 5.75. The van der Waals surface area contributed by atoms with Crippen LogP contribution in [0.15, 0.2) is 48.7 Å². The average molecular weight is 391 g/mol. The average Bonchev–Trinajstić information content (AvgIpc) is 2.99. The summed E-state index contributed by atoms with van der Waals surface area (Å²) >= 11 is 13.6. The van der Waals surface area contributed by atoms with Crippen LogP contribution < -0.4 is 5.32 Å². The Morgan fingerprint density at radius 3 is 2.64 bits per heavy atom. The summed E-state index contributed by atoms with van der Waals surface area (Å²) in [5.41, 5.74) is 3.13. The summed E-state index contributed by atoms with van der Waals surface area (Å²) in [5.74, 6) is -0.0747. The van der Waals surface area contributed by atoms with Gasteiger partial charge < -0.3 is 5.32 Å². The van der Waals surface area contributed by atoms with Gasteiger partial charge in [0.15, 0.2) is 5.13 Å². The van der Waals surface area contributed by atoms with Gasteiger partial charge in [-0.05, 0) is 30.2 Å². The zero-order valence-electron chi connectivity index (χ0n) is 13.6. The highest BCUT2D eigenvalue weighted by atomic mass is 35.5. The predicted molar refractivity (Wildman–Crippen MR) is 105 cm³/mol. The summed E-state index contributed by atoms with van der Waals surface area (Å²) in [6, 6.07) is 13.4. The largest absolute Gasteiger partial charge is 0.302 e. The van der Waals surface area contributed by atoms with Crippen LogP contribution in [-0.4, -0.2) is 10.9 Å². The number of hydrogen-bond donors (Lipinski definition) is 1. The van der Waals surface area contributed by atoms with Crippen molar-refractivity contribution >= 4 is 45.6 Å². The zero-order chi connectivity index (χ0) is 17.8. The monoisotopic (exact) mass is 390 g/mol. The van der Waals surface area contributed by atoms with Crippen molar-refractivity contribution in [3.63, 3.8) is 0 Å². The standard InChI is InChI=1S/C19H16Cl2N2OS/c1-12-2-4-13(5-3-12)8-18(24)23-19-22-11-16(25-19)9-14-6-7-15(20)10-17(14)21/h2-7,10-11H,8-9H2,1H3,(H,22,23,24). The summed E-state index contributed by atoms with van der Waals surface area (Å²) in [6.07, 6.45) is 2.75. The minimum Gasteiger partial charge on any atom is -0.302 e. The molecule has 0 atom stereocenters. The number of carbonyl (C=O) groups excluding carboxylic acids is 1. The van der Waals surface area contributed by atoms with E-state index in [-0.39, 0.29) is 5.91 Å². The van der Waals surface area contributed by atoms with Crippen LogP contribution in [0.4, 0.5) is 5.13 Å². The van der Waals surface area contributed by atoms with Crippen LogP contribution in [0, 0.1) is 6.92 Å². The summed E-state index contributed by atoms with van der Waals surface area (Å²) < 4.78 is 0. The van der Waals surface area contributed by atoms with Crippen molar-refractivity contribution < 1.29 is 4.79 Å². The van der Waals surface area contributed by atoms with Gasteiger partial charge in [-0.2, -0.15) is 0 Å². The fraction of sp³-hybridized carbons (Fsp3) is 0.158. The maximum absolute atomic E-state index is 12.1. The highest BCUT2D eigenvalue weighted by Gasteiger charge is 2.10. The lowest BCUT2D eigenvalue weighted by Crippen LogP contribution is -2.14. The van der Waals surface area contributed by atoms with Crippen molar-refractivity contribution in [3.05, 3.63) is 80.3 Å². The second kappa shape index (κ2) is 8.00. The molecule has 3 aromatic rings. The number of nitrogens with zero attached hydrogens (tertiary/aromatic N) is 1. The van der Waals surface area contributed by atoms with E-state index in [4.69, 9.17) is 23.2 Å². The Labute approximate surface area is 160 Å². The fourth-order valence-corrected chi connectivity index (χ4v) is 3.68. The van der Waals surface area contributed by atoms with Gasteiger partial charge in [-0.25, -0.2) is 4.98 Å². The van der Waals surface area contributed by atoms with E-state index in [1.54, 1.807) is 12.3 Å². The molecule has 0 aliphatic heterocycles. The van der Waals surface area contributed by atoms with E-state index < -0.39 is 0 Å². The molecule has 1 N–H and O–H groups in total. The molecule has 6 heteroatoms. The van der Waals surface area contributed by atoms with E-state index in [0.717, 1.165) is 16.0 Å². The van der Waals surface area contributed by atoms with Crippen molar-refractivity contribution in [2.24, 2.45) is 0 Å². The molecular formula is C19H16Cl2N2OS. The molecule has 0 saturated heterocycles. The number of benzene rings is 2. The van der Waals surface area contributed by atoms with E-state index in [1.165, 1.54) is 16.9 Å². The molecule has 0 bridgehead atoms. The Hall–Kier alpha value is -1.88. The molecule has 0 saturated carbocycles. The maximum atomic E-state index is 12.1. The number of anilines is 1. The van der Waals surface area contributed by atoms with Crippen LogP contribution in [-0.2, 0) is 17.6 Å². The first kappa shape index (κ1) is 17.9. The second-order valence-corrected chi connectivity index (χ2v) is 7.71. The van der Waals surface area contributed by atoms with E-state index in [1.807, 2.05) is 43.3 Å². The molecule has 128 valence electrons. The highest BCUT2D eigenvalue weighted by Crippen LogP contribution is 2.27. The van der Waals surface area contributed by atoms with Gasteiger partial charge >= 0.3 is 0 Å². The van der Waals surface area contributed by atoms with Crippen LogP contribution in [0.2, 0.25) is 10.0 Å². The normalized spacial score (nSPS) is 10.7. The smallest absolute Gasteiger partial charge is 0.230 e. The first-order valence-electron chi connectivity index (χ1n) is 7.73. The minimum absolute atomic E-state index is 0.0747. The van der Waals surface area contributed by atoms with E-state index in [2.05, 4.69) is 10.3 Å². The third kappa shape index (κ3) is 5.05. The highest BCUT2D eigenvalue weighted by molar-refractivity contribution is 7.15. The van der Waals surface area contributed by atoms with Crippen molar-refractivity contribution in [3.8, 4) is 0 Å². The maximum Gasteiger partial charge on any atom is 0.230 e. The van der Waals surface area contributed by atoms with Gasteiger partial charge in [0.05, 0.1) is 6.42 Å². The molecule has 0 aliphatic carbocycles. The van der Waals surface area contributed by atoms with Crippen molar-refractivity contribution in [1.29, 1.82) is 0 Å². The van der Waals surface area contributed by atoms with Crippen molar-refractivity contribution in [2.45, 2.75) is 19.8 Å². The number of hydrogen-bond acceptors (Lipinski definition) is 3. The Kier molecular flexibility index (Phi) is 5.74. The Morgan fingerprint density at radius 1 is 1.16 bits per heavy atom. The molecule has 0 radical (unpaired) electrons. The molecule has 0 aliphatic rings. The minimum atomic E-state index is -0.0747. The quantitative estimate of drug-likeness (QED) is 0.621. The molecule has 1 aromatic heterocycles. The lowest BCUT2D eigenvalue weighted by molar-refractivity contribution is -0.115. The van der Waals surface area contributed by atoms with Crippen LogP contribution in [0.5, 0.6) is 0 Å². The number of aryl methyl sites for hydroxylation is 1. The van der Waals surface area contributed by atoms with E-state index in [9.17, 15) is 4.79 Å². The number of rotatable bonds is 5. The summed E-state index contributed by atoms with van der Waals surface area (Å²) in [5, 5.41) is 4.69. The lowest BCUT2D eigenvalue weighted by atomic mass is 10.1. The van der Waals surface area contributed by atoms with Crippen molar-refractivity contribution in [1.82, 2.24) is 4.98 Å². The van der Waals surface area contributed by atoms with Gasteiger partial charge in [-0.3, -0.25) is 4.79 Å². The van der Waals surface area contributed by atoms with Crippen molar-refractivity contribution in [2.75, 3.05) is 5.32 Å². The Morgan fingerprint density at radius 2 is 1.92 bits per heavy atom. The molecule has 2 aromatic carbocycles. The topological polar surface area (TPSA) is 42.0 Å². The molecule has 0 unspecified atom stereocenters. The van der Waals surface area contributed by atoms with Gasteiger partial charge in [-0.1, -0.05) is 59.1 Å². The Bertz CT molecular complexity index is 891. The molecular weight excluding hydrogens is 375 g/mol. The van der Waals surface area contributed by atoms with Gasteiger partial charge in [0.2, 0.25) is 5.91 Å². The molecule has 25 heavy (non-hydrogen) atoms. The third-order valence-corrected chi connectivity index (χ3v) is 5.16. The van der Waals surface area contributed by atoms with E-state index in [0.29, 0.717) is 28.0 Å². The van der Waals surface area contributed by atoms with Gasteiger partial charge in [0.25, 0.3) is 0 Å². The molecule has 3 nitrogen and oxygen atoms in total. The van der Waals surface area contributed by atoms with Crippen LogP contribution in [0.3, 0.4) is 0 Å². The van der Waals surface area contributed by atoms with Gasteiger partial charge in [0, 0.05) is 27.5 Å². The van der Waals surface area contributed by atoms with Gasteiger partial charge in [-0.15, -0.1) is 11.3 Å². The van der Waals surface area contributed by atoms with Crippen LogP contribution in [0.25, 0.3) is 0 Å². The SMILES string of the molecule is Cc1ccc(CC(=O)Nc2ncc(Cc3ccc(Cl)cc3Cl)s2)cc1. The number of nitrogens with one attached hydrogen (secondary N) is 1. The van der Waals surface area contributed by atoms with Gasteiger partial charge in [0.1, 0.15) is 0 Å². The number of amides is 1. The first-order valence-corrected chi connectivity index (χ1v) is 9.31.